The van der Waals surface area contributed by atoms with Crippen molar-refractivity contribution < 1.29 is 23.4 Å². The number of aryl methyl sites for hydroxylation is 1. The molecule has 0 aliphatic carbocycles. The van der Waals surface area contributed by atoms with Crippen molar-refractivity contribution in [2.24, 2.45) is 0 Å². The first-order valence-corrected chi connectivity index (χ1v) is 15.1. The molecule has 13 heteroatoms. The molecule has 1 aliphatic rings. The molecule has 240 valence electrons. The molecule has 1 saturated heterocycles. The van der Waals surface area contributed by atoms with E-state index in [1.54, 1.807) is 38.5 Å². The largest absolute Gasteiger partial charge is 0.495 e. The monoisotopic (exact) mass is 626 g/mol. The molecule has 1 aliphatic heterocycles. The number of rotatable bonds is 11. The Morgan fingerprint density at radius 1 is 0.913 bits per heavy atom. The molecule has 3 heterocycles. The number of hydrogen-bond donors (Lipinski definition) is 3. The highest BCUT2D eigenvalue weighted by Crippen LogP contribution is 2.35. The topological polar surface area (TPSA) is 139 Å². The van der Waals surface area contributed by atoms with Gasteiger partial charge in [0.2, 0.25) is 0 Å². The predicted octanol–water partition coefficient (Wildman–Crippen LogP) is 5.50. The van der Waals surface area contributed by atoms with Gasteiger partial charge < -0.3 is 39.1 Å². The lowest BCUT2D eigenvalue weighted by molar-refractivity contribution is 0.145. The van der Waals surface area contributed by atoms with E-state index in [1.807, 2.05) is 31.2 Å². The molecule has 0 atom stereocenters. The fraction of sp³-hybridized carbons (Fsp3) is 0.333. The molecule has 0 spiro atoms. The number of likely N-dealkylation sites (N-methyl/N-ethyl adjacent to an activating group) is 1. The number of amides is 2. The molecule has 0 saturated carbocycles. The lowest BCUT2D eigenvalue weighted by Gasteiger charge is -2.32. The second-order valence-corrected chi connectivity index (χ2v) is 11.2. The zero-order valence-corrected chi connectivity index (χ0v) is 26.4. The average molecular weight is 627 g/mol. The van der Waals surface area contributed by atoms with E-state index in [9.17, 15) is 4.79 Å². The first kappa shape index (κ1) is 30.9. The highest BCUT2D eigenvalue weighted by molar-refractivity contribution is 6.01. The van der Waals surface area contributed by atoms with Crippen LogP contribution in [0.4, 0.5) is 28.0 Å². The van der Waals surface area contributed by atoms with Crippen LogP contribution in [0.1, 0.15) is 12.0 Å². The normalized spacial score (nSPS) is 13.9. The van der Waals surface area contributed by atoms with Gasteiger partial charge in [0.25, 0.3) is 0 Å². The number of nitrogens with zero attached hydrogens (tertiary/aromatic N) is 5. The third kappa shape index (κ3) is 7.22. The van der Waals surface area contributed by atoms with Gasteiger partial charge >= 0.3 is 12.0 Å². The van der Waals surface area contributed by atoms with E-state index in [-0.39, 0.29) is 6.01 Å². The summed E-state index contributed by atoms with van der Waals surface area (Å²) in [7, 11) is 5.33. The van der Waals surface area contributed by atoms with Crippen LogP contribution in [-0.4, -0.2) is 91.4 Å². The molecular formula is C33H38N8O5. The van der Waals surface area contributed by atoms with Crippen LogP contribution in [0.2, 0.25) is 0 Å². The number of oxazole rings is 1. The Labute approximate surface area is 266 Å². The number of ether oxygens (including phenoxy) is 3. The van der Waals surface area contributed by atoms with E-state index >= 15 is 0 Å². The maximum atomic E-state index is 12.7. The number of carbonyl (C=O) groups is 1. The minimum Gasteiger partial charge on any atom is -0.495 e. The van der Waals surface area contributed by atoms with Gasteiger partial charge in [0.05, 0.1) is 32.0 Å². The van der Waals surface area contributed by atoms with Crippen LogP contribution < -0.4 is 30.2 Å². The van der Waals surface area contributed by atoms with E-state index in [1.165, 1.54) is 6.33 Å². The van der Waals surface area contributed by atoms with Crippen molar-refractivity contribution in [3.05, 3.63) is 60.4 Å². The van der Waals surface area contributed by atoms with Crippen molar-refractivity contribution >= 4 is 51.2 Å². The molecule has 5 aromatic rings. The van der Waals surface area contributed by atoms with Crippen molar-refractivity contribution in [2.45, 2.75) is 13.3 Å². The number of hydrogen-bond acceptors (Lipinski definition) is 11. The molecule has 13 nitrogen and oxygen atoms in total. The fourth-order valence-electron chi connectivity index (χ4n) is 5.34. The second-order valence-electron chi connectivity index (χ2n) is 11.2. The van der Waals surface area contributed by atoms with Crippen molar-refractivity contribution in [3.8, 4) is 17.2 Å². The first-order valence-electron chi connectivity index (χ1n) is 15.1. The van der Waals surface area contributed by atoms with E-state index in [0.29, 0.717) is 57.7 Å². The maximum absolute atomic E-state index is 12.7. The van der Waals surface area contributed by atoms with Crippen LogP contribution >= 0.6 is 0 Å². The summed E-state index contributed by atoms with van der Waals surface area (Å²) in [5.74, 6) is 2.28. The zero-order chi connectivity index (χ0) is 32.0. The SMILES string of the molecule is COc1ccc(C)cc1NC(=O)Nc1ccc2nc(Nc3ncnc4cc(OCCCN5CCN(C)CC5)c(OC)cc34)oc2c1. The molecule has 46 heavy (non-hydrogen) atoms. The first-order chi connectivity index (χ1) is 22.4. The molecular weight excluding hydrogens is 588 g/mol. The van der Waals surface area contributed by atoms with Gasteiger partial charge in [-0.15, -0.1) is 0 Å². The van der Waals surface area contributed by atoms with Crippen LogP contribution in [0.3, 0.4) is 0 Å². The quantitative estimate of drug-likeness (QED) is 0.160. The van der Waals surface area contributed by atoms with Gasteiger partial charge in [-0.3, -0.25) is 5.32 Å². The van der Waals surface area contributed by atoms with Crippen LogP contribution in [0.25, 0.3) is 22.0 Å². The van der Waals surface area contributed by atoms with Gasteiger partial charge in [0.15, 0.2) is 17.1 Å². The van der Waals surface area contributed by atoms with Crippen molar-refractivity contribution in [2.75, 3.05) is 76.5 Å². The molecule has 3 aromatic carbocycles. The number of nitrogens with one attached hydrogen (secondary N) is 3. The Kier molecular flexibility index (Phi) is 9.31. The van der Waals surface area contributed by atoms with E-state index in [0.717, 1.165) is 50.1 Å². The number of methoxy groups -OCH3 is 2. The molecule has 1 fully saturated rings. The minimum absolute atomic E-state index is 0.240. The number of urea groups is 1. The maximum Gasteiger partial charge on any atom is 0.323 e. The number of carbonyl (C=O) groups excluding carboxylic acids is 1. The van der Waals surface area contributed by atoms with E-state index in [4.69, 9.17) is 18.6 Å². The van der Waals surface area contributed by atoms with Gasteiger partial charge in [0, 0.05) is 55.9 Å². The molecule has 2 aromatic heterocycles. The van der Waals surface area contributed by atoms with Crippen LogP contribution in [0, 0.1) is 6.92 Å². The van der Waals surface area contributed by atoms with Crippen molar-refractivity contribution in [3.63, 3.8) is 0 Å². The Morgan fingerprint density at radius 2 is 1.74 bits per heavy atom. The highest BCUT2D eigenvalue weighted by atomic mass is 16.5. The predicted molar refractivity (Wildman–Crippen MR) is 178 cm³/mol. The third-order valence-corrected chi connectivity index (χ3v) is 7.87. The van der Waals surface area contributed by atoms with Crippen LogP contribution in [-0.2, 0) is 0 Å². The fourth-order valence-corrected chi connectivity index (χ4v) is 5.34. The Balaban J connectivity index is 1.12. The average Bonchev–Trinajstić information content (AvgIpc) is 3.45. The number of fused-ring (bicyclic) bond motifs is 2. The van der Waals surface area contributed by atoms with Gasteiger partial charge in [0.1, 0.15) is 23.4 Å². The highest BCUT2D eigenvalue weighted by Gasteiger charge is 2.16. The van der Waals surface area contributed by atoms with Crippen LogP contribution in [0.5, 0.6) is 17.2 Å². The summed E-state index contributed by atoms with van der Waals surface area (Å²) < 4.78 is 23.1. The Bertz CT molecular complexity index is 1840. The van der Waals surface area contributed by atoms with Crippen molar-refractivity contribution in [1.29, 1.82) is 0 Å². The summed E-state index contributed by atoms with van der Waals surface area (Å²) in [5.41, 5.74) is 3.88. The summed E-state index contributed by atoms with van der Waals surface area (Å²) in [4.78, 5) is 31.0. The Hall–Kier alpha value is -5.14. The van der Waals surface area contributed by atoms with Gasteiger partial charge in [-0.05, 0) is 56.3 Å². The van der Waals surface area contributed by atoms with E-state index in [2.05, 4.69) is 47.7 Å². The number of piperazine rings is 1. The number of benzene rings is 3. The van der Waals surface area contributed by atoms with Gasteiger partial charge in [-0.25, -0.2) is 14.8 Å². The van der Waals surface area contributed by atoms with Crippen molar-refractivity contribution in [1.82, 2.24) is 24.8 Å². The zero-order valence-electron chi connectivity index (χ0n) is 26.4. The summed E-state index contributed by atoms with van der Waals surface area (Å²) >= 11 is 0. The van der Waals surface area contributed by atoms with Crippen LogP contribution in [0.15, 0.2) is 59.3 Å². The molecule has 0 radical (unpaired) electrons. The second kappa shape index (κ2) is 13.9. The smallest absolute Gasteiger partial charge is 0.323 e. The van der Waals surface area contributed by atoms with Gasteiger partial charge in [-0.1, -0.05) is 6.07 Å². The Morgan fingerprint density at radius 3 is 2.54 bits per heavy atom. The molecule has 0 unspecified atom stereocenters. The summed E-state index contributed by atoms with van der Waals surface area (Å²) in [6.45, 7) is 7.88. The van der Waals surface area contributed by atoms with E-state index < -0.39 is 6.03 Å². The minimum atomic E-state index is -0.416. The summed E-state index contributed by atoms with van der Waals surface area (Å²) in [5, 5.41) is 9.53. The number of anilines is 4. The summed E-state index contributed by atoms with van der Waals surface area (Å²) in [6.07, 6.45) is 2.39. The third-order valence-electron chi connectivity index (χ3n) is 7.87. The molecule has 2 amide bonds. The van der Waals surface area contributed by atoms with Gasteiger partial charge in [-0.2, -0.15) is 4.98 Å². The molecule has 3 N–H and O–H groups in total. The standard InChI is InChI=1S/C33H38N8O5/c1-21-6-9-27(43-3)26(16-21)37-32(42)36-22-7-8-24-28(17-22)46-33(38-24)39-31-23-18-29(44-4)30(19-25(23)34-20-35-31)45-15-5-10-41-13-11-40(2)12-14-41/h6-9,16-20H,5,10-15H2,1-4H3,(H2,36,37,42)(H,34,35,38,39). The lowest BCUT2D eigenvalue weighted by atomic mass is 10.2. The lowest BCUT2D eigenvalue weighted by Crippen LogP contribution is -2.44. The molecule has 0 bridgehead atoms. The number of aromatic nitrogens is 3. The molecule has 6 rings (SSSR count). The summed E-state index contributed by atoms with van der Waals surface area (Å²) in [6, 6.07) is 14.3.